The maximum Gasteiger partial charge on any atom is 0.224 e. The molecule has 0 aromatic heterocycles. The average molecular weight is 329 g/mol. The fourth-order valence-corrected chi connectivity index (χ4v) is 2.15. The average Bonchev–Trinajstić information content (AvgIpc) is 2.35. The first-order valence-corrected chi connectivity index (χ1v) is 7.19. The second-order valence-corrected chi connectivity index (χ2v) is 5.46. The van der Waals surface area contributed by atoms with Crippen LogP contribution in [0.5, 0.6) is 5.75 Å². The second-order valence-electron chi connectivity index (χ2n) is 4.61. The van der Waals surface area contributed by atoms with E-state index in [2.05, 4.69) is 40.4 Å². The molecule has 2 N–H and O–H groups in total. The molecule has 0 unspecified atom stereocenters. The fraction of sp³-hybridized carbons (Fsp3) is 0.500. The van der Waals surface area contributed by atoms with Gasteiger partial charge in [0.2, 0.25) is 5.91 Å². The van der Waals surface area contributed by atoms with E-state index in [0.717, 1.165) is 28.9 Å². The van der Waals surface area contributed by atoms with Gasteiger partial charge in [0.15, 0.2) is 0 Å². The van der Waals surface area contributed by atoms with Crippen molar-refractivity contribution in [3.05, 3.63) is 22.7 Å². The van der Waals surface area contributed by atoms with Crippen molar-refractivity contribution in [2.75, 3.05) is 19.0 Å². The molecule has 0 saturated heterocycles. The molecule has 0 fully saturated rings. The number of hydrogen-bond donors (Lipinski definition) is 2. The van der Waals surface area contributed by atoms with E-state index in [1.54, 1.807) is 7.11 Å². The minimum absolute atomic E-state index is 0.0302. The van der Waals surface area contributed by atoms with Crippen molar-refractivity contribution < 1.29 is 9.53 Å². The third-order valence-corrected chi connectivity index (χ3v) is 3.19. The normalized spacial score (nSPS) is 10.6. The zero-order valence-corrected chi connectivity index (χ0v) is 13.2. The molecule has 1 rings (SSSR count). The molecule has 0 aliphatic carbocycles. The summed E-state index contributed by atoms with van der Waals surface area (Å²) in [6.45, 7) is 5.04. The van der Waals surface area contributed by atoms with Crippen molar-refractivity contribution in [3.8, 4) is 5.75 Å². The highest BCUT2D eigenvalue weighted by Crippen LogP contribution is 2.27. The van der Waals surface area contributed by atoms with E-state index in [-0.39, 0.29) is 5.91 Å². The Morgan fingerprint density at radius 1 is 1.42 bits per heavy atom. The van der Waals surface area contributed by atoms with Gasteiger partial charge in [-0.25, -0.2) is 0 Å². The topological polar surface area (TPSA) is 50.4 Å². The SMILES string of the molecule is COc1ccc(NC(=O)CCCNC(C)C)cc1Br. The first kappa shape index (κ1) is 16.0. The van der Waals surface area contributed by atoms with E-state index in [0.29, 0.717) is 12.5 Å². The lowest BCUT2D eigenvalue weighted by Crippen LogP contribution is -2.24. The number of methoxy groups -OCH3 is 1. The molecule has 4 nitrogen and oxygen atoms in total. The number of hydrogen-bond acceptors (Lipinski definition) is 3. The van der Waals surface area contributed by atoms with E-state index in [1.165, 1.54) is 0 Å². The molecular formula is C14H21BrN2O2. The van der Waals surface area contributed by atoms with Gasteiger partial charge >= 0.3 is 0 Å². The van der Waals surface area contributed by atoms with Crippen LogP contribution in [0.3, 0.4) is 0 Å². The number of benzene rings is 1. The van der Waals surface area contributed by atoms with E-state index in [9.17, 15) is 4.79 Å². The quantitative estimate of drug-likeness (QED) is 0.756. The lowest BCUT2D eigenvalue weighted by atomic mass is 10.2. The summed E-state index contributed by atoms with van der Waals surface area (Å²) in [5.41, 5.74) is 0.773. The molecule has 0 spiro atoms. The van der Waals surface area contributed by atoms with E-state index in [4.69, 9.17) is 4.74 Å². The highest BCUT2D eigenvalue weighted by Gasteiger charge is 2.05. The van der Waals surface area contributed by atoms with Crippen LogP contribution in [0.4, 0.5) is 5.69 Å². The van der Waals surface area contributed by atoms with Crippen LogP contribution in [-0.2, 0) is 4.79 Å². The highest BCUT2D eigenvalue weighted by molar-refractivity contribution is 9.10. The summed E-state index contributed by atoms with van der Waals surface area (Å²) in [6.07, 6.45) is 1.35. The van der Waals surface area contributed by atoms with E-state index >= 15 is 0 Å². The maximum atomic E-state index is 11.7. The summed E-state index contributed by atoms with van der Waals surface area (Å²) in [5.74, 6) is 0.779. The molecule has 0 radical (unpaired) electrons. The Balaban J connectivity index is 2.38. The van der Waals surface area contributed by atoms with Crippen LogP contribution in [0.2, 0.25) is 0 Å². The van der Waals surface area contributed by atoms with E-state index < -0.39 is 0 Å². The van der Waals surface area contributed by atoms with Gasteiger partial charge in [-0.05, 0) is 47.1 Å². The van der Waals surface area contributed by atoms with Gasteiger partial charge in [-0.3, -0.25) is 4.79 Å². The smallest absolute Gasteiger partial charge is 0.224 e. The van der Waals surface area contributed by atoms with Gasteiger partial charge < -0.3 is 15.4 Å². The number of carbonyl (C=O) groups is 1. The van der Waals surface area contributed by atoms with Gasteiger partial charge in [0.25, 0.3) is 0 Å². The molecule has 19 heavy (non-hydrogen) atoms. The number of halogens is 1. The molecule has 5 heteroatoms. The molecular weight excluding hydrogens is 308 g/mol. The maximum absolute atomic E-state index is 11.7. The predicted molar refractivity (Wildman–Crippen MR) is 81.7 cm³/mol. The Morgan fingerprint density at radius 3 is 2.74 bits per heavy atom. The summed E-state index contributed by atoms with van der Waals surface area (Å²) in [7, 11) is 1.61. The van der Waals surface area contributed by atoms with Crippen LogP contribution < -0.4 is 15.4 Å². The van der Waals surface area contributed by atoms with Crippen LogP contribution in [0.25, 0.3) is 0 Å². The summed E-state index contributed by atoms with van der Waals surface area (Å²) >= 11 is 3.39. The van der Waals surface area contributed by atoms with Crippen molar-refractivity contribution in [3.63, 3.8) is 0 Å². The molecule has 106 valence electrons. The molecule has 0 bridgehead atoms. The zero-order valence-electron chi connectivity index (χ0n) is 11.6. The Morgan fingerprint density at radius 2 is 2.16 bits per heavy atom. The van der Waals surface area contributed by atoms with Crippen LogP contribution in [0.1, 0.15) is 26.7 Å². The Bertz CT molecular complexity index is 422. The molecule has 0 atom stereocenters. The lowest BCUT2D eigenvalue weighted by Gasteiger charge is -2.09. The van der Waals surface area contributed by atoms with Crippen LogP contribution in [0, 0.1) is 0 Å². The van der Waals surface area contributed by atoms with Gasteiger partial charge in [0.05, 0.1) is 11.6 Å². The van der Waals surface area contributed by atoms with E-state index in [1.807, 2.05) is 18.2 Å². The van der Waals surface area contributed by atoms with Crippen molar-refractivity contribution in [2.24, 2.45) is 0 Å². The molecule has 0 aliphatic rings. The fourth-order valence-electron chi connectivity index (χ4n) is 1.61. The van der Waals surface area contributed by atoms with Gasteiger partial charge in [-0.1, -0.05) is 13.8 Å². The molecule has 0 heterocycles. The number of carbonyl (C=O) groups excluding carboxylic acids is 1. The van der Waals surface area contributed by atoms with Crippen molar-refractivity contribution in [1.82, 2.24) is 5.32 Å². The summed E-state index contributed by atoms with van der Waals surface area (Å²) in [5, 5.41) is 6.15. The molecule has 0 aliphatic heterocycles. The Hall–Kier alpha value is -1.07. The summed E-state index contributed by atoms with van der Waals surface area (Å²) < 4.78 is 5.97. The summed E-state index contributed by atoms with van der Waals surface area (Å²) in [6, 6.07) is 5.94. The van der Waals surface area contributed by atoms with Crippen LogP contribution in [0.15, 0.2) is 22.7 Å². The van der Waals surface area contributed by atoms with Gasteiger partial charge in [-0.15, -0.1) is 0 Å². The molecule has 1 aromatic carbocycles. The number of rotatable bonds is 7. The Labute approximate surface area is 123 Å². The standard InChI is InChI=1S/C14H21BrN2O2/c1-10(2)16-8-4-5-14(18)17-11-6-7-13(19-3)12(15)9-11/h6-7,9-10,16H,4-5,8H2,1-3H3,(H,17,18). The number of ether oxygens (including phenoxy) is 1. The highest BCUT2D eigenvalue weighted by atomic mass is 79.9. The first-order valence-electron chi connectivity index (χ1n) is 6.39. The monoisotopic (exact) mass is 328 g/mol. The van der Waals surface area contributed by atoms with Crippen molar-refractivity contribution in [1.29, 1.82) is 0 Å². The van der Waals surface area contributed by atoms with Crippen molar-refractivity contribution >= 4 is 27.5 Å². The zero-order chi connectivity index (χ0) is 14.3. The molecule has 1 amide bonds. The first-order chi connectivity index (χ1) is 9.02. The van der Waals surface area contributed by atoms with Gasteiger partial charge in [0.1, 0.15) is 5.75 Å². The lowest BCUT2D eigenvalue weighted by molar-refractivity contribution is -0.116. The third-order valence-electron chi connectivity index (χ3n) is 2.57. The largest absolute Gasteiger partial charge is 0.496 e. The third kappa shape index (κ3) is 6.07. The predicted octanol–water partition coefficient (Wildman–Crippen LogP) is 3.17. The van der Waals surface area contributed by atoms with Crippen LogP contribution >= 0.6 is 15.9 Å². The van der Waals surface area contributed by atoms with Crippen LogP contribution in [-0.4, -0.2) is 25.6 Å². The number of anilines is 1. The number of amides is 1. The van der Waals surface area contributed by atoms with Gasteiger partial charge in [0, 0.05) is 18.2 Å². The minimum atomic E-state index is 0.0302. The molecule has 0 saturated carbocycles. The summed E-state index contributed by atoms with van der Waals surface area (Å²) in [4.78, 5) is 11.7. The number of nitrogens with one attached hydrogen (secondary N) is 2. The second kappa shape index (κ2) is 8.17. The van der Waals surface area contributed by atoms with Gasteiger partial charge in [-0.2, -0.15) is 0 Å². The Kier molecular flexibility index (Phi) is 6.87. The minimum Gasteiger partial charge on any atom is -0.496 e. The van der Waals surface area contributed by atoms with Crippen molar-refractivity contribution in [2.45, 2.75) is 32.7 Å². The molecule has 1 aromatic rings.